The summed E-state index contributed by atoms with van der Waals surface area (Å²) in [6, 6.07) is 5.34. The summed E-state index contributed by atoms with van der Waals surface area (Å²) in [4.78, 5) is 15.2. The molecule has 2 rings (SSSR count). The summed E-state index contributed by atoms with van der Waals surface area (Å²) in [6.07, 6.45) is 1.31. The summed E-state index contributed by atoms with van der Waals surface area (Å²) in [7, 11) is 0. The molecule has 2 aromatic rings. The van der Waals surface area contributed by atoms with Crippen molar-refractivity contribution < 1.29 is 14.6 Å². The molecule has 0 fully saturated rings. The fourth-order valence-corrected chi connectivity index (χ4v) is 2.10. The zero-order valence-corrected chi connectivity index (χ0v) is 13.0. The first kappa shape index (κ1) is 14.5. The van der Waals surface area contributed by atoms with Crippen LogP contribution in [0, 0.1) is 20.8 Å². The van der Waals surface area contributed by atoms with Crippen molar-refractivity contribution in [2.24, 2.45) is 0 Å². The monoisotopic (exact) mass is 335 g/mol. The number of pyridine rings is 1. The largest absolute Gasteiger partial charge is 0.477 e. The SMILES string of the molecule is Cc1cc(Oc2cc(C)c(Br)c(C)c2)c(C(=O)O)cn1. The van der Waals surface area contributed by atoms with Crippen LogP contribution in [0.3, 0.4) is 0 Å². The highest BCUT2D eigenvalue weighted by atomic mass is 79.9. The number of hydrogen-bond donors (Lipinski definition) is 1. The van der Waals surface area contributed by atoms with E-state index in [1.807, 2.05) is 26.0 Å². The molecule has 1 N–H and O–H groups in total. The van der Waals surface area contributed by atoms with Gasteiger partial charge in [-0.3, -0.25) is 4.98 Å². The Morgan fingerprint density at radius 1 is 1.20 bits per heavy atom. The minimum Gasteiger partial charge on any atom is -0.477 e. The lowest BCUT2D eigenvalue weighted by molar-refractivity contribution is 0.0693. The molecule has 0 atom stereocenters. The van der Waals surface area contributed by atoms with Crippen LogP contribution in [0.1, 0.15) is 27.2 Å². The molecule has 1 aromatic heterocycles. The van der Waals surface area contributed by atoms with E-state index in [2.05, 4.69) is 20.9 Å². The maximum Gasteiger partial charge on any atom is 0.341 e. The number of carboxylic acids is 1. The van der Waals surface area contributed by atoms with Gasteiger partial charge in [0.25, 0.3) is 0 Å². The summed E-state index contributed by atoms with van der Waals surface area (Å²) in [6.45, 7) is 5.70. The third kappa shape index (κ3) is 2.99. The van der Waals surface area contributed by atoms with E-state index in [1.165, 1.54) is 6.20 Å². The Labute approximate surface area is 125 Å². The lowest BCUT2D eigenvalue weighted by Gasteiger charge is -2.12. The molecule has 5 heteroatoms. The number of ether oxygens (including phenoxy) is 1. The van der Waals surface area contributed by atoms with Gasteiger partial charge in [-0.05, 0) is 44.0 Å². The van der Waals surface area contributed by atoms with Crippen LogP contribution in [0.5, 0.6) is 11.5 Å². The summed E-state index contributed by atoms with van der Waals surface area (Å²) in [5.41, 5.74) is 2.81. The maximum absolute atomic E-state index is 11.2. The van der Waals surface area contributed by atoms with Crippen molar-refractivity contribution in [2.45, 2.75) is 20.8 Å². The lowest BCUT2D eigenvalue weighted by Crippen LogP contribution is -2.02. The van der Waals surface area contributed by atoms with Crippen molar-refractivity contribution in [2.75, 3.05) is 0 Å². The van der Waals surface area contributed by atoms with Crippen molar-refractivity contribution in [3.8, 4) is 11.5 Å². The number of aromatic nitrogens is 1. The second-order valence-electron chi connectivity index (χ2n) is 4.60. The van der Waals surface area contributed by atoms with Crippen LogP contribution in [-0.2, 0) is 0 Å². The Morgan fingerprint density at radius 2 is 1.80 bits per heavy atom. The number of benzene rings is 1. The minimum atomic E-state index is -1.06. The molecule has 104 valence electrons. The fraction of sp³-hybridized carbons (Fsp3) is 0.200. The van der Waals surface area contributed by atoms with Gasteiger partial charge in [0.1, 0.15) is 17.1 Å². The van der Waals surface area contributed by atoms with Gasteiger partial charge in [-0.25, -0.2) is 4.79 Å². The highest BCUT2D eigenvalue weighted by Crippen LogP contribution is 2.31. The molecule has 1 heterocycles. The molecule has 0 unspecified atom stereocenters. The standard InChI is InChI=1S/C15H14BrNO3/c1-8-4-11(5-9(2)14(8)16)20-13-6-10(3)17-7-12(13)15(18)19/h4-7H,1-3H3,(H,18,19). The van der Waals surface area contributed by atoms with Crippen LogP contribution >= 0.6 is 15.9 Å². The van der Waals surface area contributed by atoms with Gasteiger partial charge in [-0.2, -0.15) is 0 Å². The van der Waals surface area contributed by atoms with Crippen molar-refractivity contribution in [3.05, 3.63) is 51.3 Å². The summed E-state index contributed by atoms with van der Waals surface area (Å²) in [5, 5.41) is 9.16. The number of hydrogen-bond acceptors (Lipinski definition) is 3. The number of nitrogens with zero attached hydrogens (tertiary/aromatic N) is 1. The molecule has 4 nitrogen and oxygen atoms in total. The Hall–Kier alpha value is -1.88. The van der Waals surface area contributed by atoms with Crippen LogP contribution in [0.25, 0.3) is 0 Å². The van der Waals surface area contributed by atoms with Crippen LogP contribution < -0.4 is 4.74 Å². The number of carboxylic acid groups (broad SMARTS) is 1. The number of halogens is 1. The number of rotatable bonds is 3. The first-order chi connectivity index (χ1) is 9.38. The first-order valence-corrected chi connectivity index (χ1v) is 6.82. The van der Waals surface area contributed by atoms with Crippen molar-refractivity contribution >= 4 is 21.9 Å². The van der Waals surface area contributed by atoms with Gasteiger partial charge in [0.15, 0.2) is 0 Å². The van der Waals surface area contributed by atoms with E-state index >= 15 is 0 Å². The average Bonchev–Trinajstić information content (AvgIpc) is 2.35. The molecule has 0 saturated heterocycles. The molecule has 0 aliphatic carbocycles. The van der Waals surface area contributed by atoms with Crippen molar-refractivity contribution in [1.82, 2.24) is 4.98 Å². The number of aromatic carboxylic acids is 1. The van der Waals surface area contributed by atoms with E-state index in [0.29, 0.717) is 17.2 Å². The van der Waals surface area contributed by atoms with Gasteiger partial charge < -0.3 is 9.84 Å². The summed E-state index contributed by atoms with van der Waals surface area (Å²) in [5.74, 6) is -0.152. The summed E-state index contributed by atoms with van der Waals surface area (Å²) >= 11 is 3.49. The van der Waals surface area contributed by atoms with Gasteiger partial charge in [-0.15, -0.1) is 0 Å². The number of carbonyl (C=O) groups is 1. The molecular weight excluding hydrogens is 322 g/mol. The molecule has 0 saturated carbocycles. The predicted molar refractivity (Wildman–Crippen MR) is 79.6 cm³/mol. The molecule has 0 radical (unpaired) electrons. The fourth-order valence-electron chi connectivity index (χ4n) is 1.87. The normalized spacial score (nSPS) is 10.4. The van der Waals surface area contributed by atoms with Gasteiger partial charge in [0.2, 0.25) is 0 Å². The molecular formula is C15H14BrNO3. The Balaban J connectivity index is 2.44. The van der Waals surface area contributed by atoms with Crippen LogP contribution in [0.4, 0.5) is 0 Å². The molecule has 20 heavy (non-hydrogen) atoms. The lowest BCUT2D eigenvalue weighted by atomic mass is 10.1. The Bertz CT molecular complexity index is 660. The van der Waals surface area contributed by atoms with Gasteiger partial charge in [0.05, 0.1) is 0 Å². The van der Waals surface area contributed by atoms with Crippen LogP contribution in [0.2, 0.25) is 0 Å². The summed E-state index contributed by atoms with van der Waals surface area (Å²) < 4.78 is 6.75. The first-order valence-electron chi connectivity index (χ1n) is 6.03. The van der Waals surface area contributed by atoms with Crippen molar-refractivity contribution in [1.29, 1.82) is 0 Å². The van der Waals surface area contributed by atoms with E-state index in [0.717, 1.165) is 15.6 Å². The Morgan fingerprint density at radius 3 is 2.35 bits per heavy atom. The molecule has 0 aliphatic heterocycles. The quantitative estimate of drug-likeness (QED) is 0.910. The van der Waals surface area contributed by atoms with Gasteiger partial charge in [-0.1, -0.05) is 15.9 Å². The van der Waals surface area contributed by atoms with Gasteiger partial charge >= 0.3 is 5.97 Å². The second kappa shape index (κ2) is 5.63. The van der Waals surface area contributed by atoms with Crippen molar-refractivity contribution in [3.63, 3.8) is 0 Å². The zero-order valence-electron chi connectivity index (χ0n) is 11.4. The molecule has 0 amide bonds. The molecule has 1 aromatic carbocycles. The predicted octanol–water partition coefficient (Wildman–Crippen LogP) is 4.26. The smallest absolute Gasteiger partial charge is 0.341 e. The van der Waals surface area contributed by atoms with Gasteiger partial charge in [0, 0.05) is 22.4 Å². The highest BCUT2D eigenvalue weighted by Gasteiger charge is 2.14. The third-order valence-corrected chi connectivity index (χ3v) is 4.12. The minimum absolute atomic E-state index is 0.0498. The second-order valence-corrected chi connectivity index (χ2v) is 5.39. The van der Waals surface area contributed by atoms with E-state index in [1.54, 1.807) is 13.0 Å². The zero-order chi connectivity index (χ0) is 14.9. The molecule has 0 bridgehead atoms. The van der Waals surface area contributed by atoms with E-state index in [4.69, 9.17) is 9.84 Å². The van der Waals surface area contributed by atoms with E-state index in [-0.39, 0.29) is 5.56 Å². The topological polar surface area (TPSA) is 59.4 Å². The third-order valence-electron chi connectivity index (χ3n) is 2.87. The Kier molecular flexibility index (Phi) is 4.09. The number of aryl methyl sites for hydroxylation is 3. The van der Waals surface area contributed by atoms with E-state index in [9.17, 15) is 4.79 Å². The maximum atomic E-state index is 11.2. The average molecular weight is 336 g/mol. The highest BCUT2D eigenvalue weighted by molar-refractivity contribution is 9.10. The van der Waals surface area contributed by atoms with Crippen LogP contribution in [-0.4, -0.2) is 16.1 Å². The molecule has 0 spiro atoms. The van der Waals surface area contributed by atoms with E-state index < -0.39 is 5.97 Å². The molecule has 0 aliphatic rings. The van der Waals surface area contributed by atoms with Crippen LogP contribution in [0.15, 0.2) is 28.9 Å².